The third-order valence-corrected chi connectivity index (χ3v) is 4.11. The molecule has 3 unspecified atom stereocenters. The molecule has 2 N–H and O–H groups in total. The molecule has 3 rings (SSSR count). The predicted octanol–water partition coefficient (Wildman–Crippen LogP) is 2.16. The van der Waals surface area contributed by atoms with Crippen LogP contribution in [-0.2, 0) is 4.74 Å². The highest BCUT2D eigenvalue weighted by Crippen LogP contribution is 2.38. The first kappa shape index (κ1) is 13.9. The minimum Gasteiger partial charge on any atom is -0.387 e. The first-order valence-corrected chi connectivity index (χ1v) is 7.13. The zero-order valence-corrected chi connectivity index (χ0v) is 11.2. The Kier molecular flexibility index (Phi) is 4.01. The van der Waals surface area contributed by atoms with Crippen LogP contribution in [0.5, 0.6) is 0 Å². The first-order chi connectivity index (χ1) is 9.65. The SMILES string of the molecule is OC(CNC1CCOC1C1CC1)c1cc(F)ccc1F. The van der Waals surface area contributed by atoms with Crippen molar-refractivity contribution >= 4 is 0 Å². The fourth-order valence-electron chi connectivity index (χ4n) is 2.86. The van der Waals surface area contributed by atoms with Crippen molar-refractivity contribution in [2.24, 2.45) is 5.92 Å². The summed E-state index contributed by atoms with van der Waals surface area (Å²) < 4.78 is 32.4. The standard InChI is InChI=1S/C15H19F2NO2/c16-10-3-4-12(17)11(7-10)14(19)8-18-13-5-6-20-15(13)9-1-2-9/h3-4,7,9,13-15,18-19H,1-2,5-6,8H2. The number of hydrogen-bond donors (Lipinski definition) is 2. The van der Waals surface area contributed by atoms with Gasteiger partial charge in [0.25, 0.3) is 0 Å². The Balaban J connectivity index is 1.58. The van der Waals surface area contributed by atoms with Gasteiger partial charge < -0.3 is 15.2 Å². The molecule has 0 spiro atoms. The van der Waals surface area contributed by atoms with E-state index in [-0.39, 0.29) is 24.3 Å². The number of hydrogen-bond acceptors (Lipinski definition) is 3. The van der Waals surface area contributed by atoms with Gasteiger partial charge in [-0.05, 0) is 43.4 Å². The number of benzene rings is 1. The molecule has 2 aliphatic rings. The summed E-state index contributed by atoms with van der Waals surface area (Å²) in [7, 11) is 0. The highest BCUT2D eigenvalue weighted by atomic mass is 19.1. The molecule has 1 aromatic carbocycles. The molecule has 110 valence electrons. The van der Waals surface area contributed by atoms with Crippen molar-refractivity contribution in [1.29, 1.82) is 0 Å². The van der Waals surface area contributed by atoms with Gasteiger partial charge in [-0.15, -0.1) is 0 Å². The summed E-state index contributed by atoms with van der Waals surface area (Å²) in [6.45, 7) is 0.931. The van der Waals surface area contributed by atoms with Crippen LogP contribution in [0.3, 0.4) is 0 Å². The summed E-state index contributed by atoms with van der Waals surface area (Å²) in [5, 5.41) is 13.3. The predicted molar refractivity (Wildman–Crippen MR) is 70.2 cm³/mol. The molecule has 1 aliphatic heterocycles. The van der Waals surface area contributed by atoms with E-state index in [1.807, 2.05) is 0 Å². The minimum absolute atomic E-state index is 0.000567. The van der Waals surface area contributed by atoms with Gasteiger partial charge in [0.1, 0.15) is 11.6 Å². The molecule has 3 nitrogen and oxygen atoms in total. The zero-order valence-electron chi connectivity index (χ0n) is 11.2. The normalized spacial score (nSPS) is 27.8. The van der Waals surface area contributed by atoms with Crippen LogP contribution in [0.15, 0.2) is 18.2 Å². The molecule has 1 saturated carbocycles. The van der Waals surface area contributed by atoms with Crippen molar-refractivity contribution in [3.63, 3.8) is 0 Å². The van der Waals surface area contributed by atoms with Crippen LogP contribution in [0.2, 0.25) is 0 Å². The van der Waals surface area contributed by atoms with Crippen molar-refractivity contribution < 1.29 is 18.6 Å². The van der Waals surface area contributed by atoms with Crippen LogP contribution in [0, 0.1) is 17.6 Å². The van der Waals surface area contributed by atoms with E-state index in [1.165, 1.54) is 12.8 Å². The molecule has 1 aliphatic carbocycles. The fourth-order valence-corrected chi connectivity index (χ4v) is 2.86. The van der Waals surface area contributed by atoms with Gasteiger partial charge in [-0.1, -0.05) is 0 Å². The Morgan fingerprint density at radius 1 is 1.30 bits per heavy atom. The first-order valence-electron chi connectivity index (χ1n) is 7.13. The van der Waals surface area contributed by atoms with E-state index in [4.69, 9.17) is 4.74 Å². The summed E-state index contributed by atoms with van der Waals surface area (Å²) in [4.78, 5) is 0. The molecule has 1 saturated heterocycles. The second kappa shape index (κ2) is 5.76. The number of aliphatic hydroxyl groups excluding tert-OH is 1. The molecule has 5 heteroatoms. The Morgan fingerprint density at radius 3 is 2.85 bits per heavy atom. The van der Waals surface area contributed by atoms with E-state index in [0.29, 0.717) is 5.92 Å². The second-order valence-corrected chi connectivity index (χ2v) is 5.66. The third-order valence-electron chi connectivity index (χ3n) is 4.11. The lowest BCUT2D eigenvalue weighted by molar-refractivity contribution is 0.0767. The number of halogens is 2. The summed E-state index contributed by atoms with van der Waals surface area (Å²) in [6, 6.07) is 3.34. The Bertz CT molecular complexity index is 479. The van der Waals surface area contributed by atoms with Gasteiger partial charge >= 0.3 is 0 Å². The molecule has 0 bridgehead atoms. The van der Waals surface area contributed by atoms with Gasteiger partial charge in [-0.25, -0.2) is 8.78 Å². The highest BCUT2D eigenvalue weighted by molar-refractivity contribution is 5.21. The topological polar surface area (TPSA) is 41.5 Å². The Hall–Kier alpha value is -1.04. The van der Waals surface area contributed by atoms with Crippen LogP contribution in [0.4, 0.5) is 8.78 Å². The quantitative estimate of drug-likeness (QED) is 0.870. The molecule has 1 heterocycles. The maximum Gasteiger partial charge on any atom is 0.129 e. The maximum atomic E-state index is 13.6. The Morgan fingerprint density at radius 2 is 2.10 bits per heavy atom. The smallest absolute Gasteiger partial charge is 0.129 e. The molecule has 0 aromatic heterocycles. The molecule has 20 heavy (non-hydrogen) atoms. The van der Waals surface area contributed by atoms with Crippen LogP contribution < -0.4 is 5.32 Å². The lowest BCUT2D eigenvalue weighted by atomic mass is 10.0. The van der Waals surface area contributed by atoms with Gasteiger partial charge in [-0.3, -0.25) is 0 Å². The lowest BCUT2D eigenvalue weighted by Crippen LogP contribution is -2.39. The van der Waals surface area contributed by atoms with Crippen LogP contribution in [0.1, 0.15) is 30.9 Å². The number of nitrogens with one attached hydrogen (secondary N) is 1. The molecule has 3 atom stereocenters. The van der Waals surface area contributed by atoms with E-state index in [2.05, 4.69) is 5.32 Å². The van der Waals surface area contributed by atoms with Crippen molar-refractivity contribution in [1.82, 2.24) is 5.32 Å². The number of aliphatic hydroxyl groups is 1. The molecular formula is C15H19F2NO2. The lowest BCUT2D eigenvalue weighted by Gasteiger charge is -2.21. The van der Waals surface area contributed by atoms with Crippen molar-refractivity contribution in [3.8, 4) is 0 Å². The zero-order chi connectivity index (χ0) is 14.1. The molecule has 0 radical (unpaired) electrons. The number of rotatable bonds is 5. The average molecular weight is 283 g/mol. The molecular weight excluding hydrogens is 264 g/mol. The van der Waals surface area contributed by atoms with Gasteiger partial charge in [-0.2, -0.15) is 0 Å². The second-order valence-electron chi connectivity index (χ2n) is 5.66. The van der Waals surface area contributed by atoms with E-state index >= 15 is 0 Å². The van der Waals surface area contributed by atoms with Crippen LogP contribution in [0.25, 0.3) is 0 Å². The highest BCUT2D eigenvalue weighted by Gasteiger charge is 2.40. The Labute approximate surface area is 116 Å². The van der Waals surface area contributed by atoms with Crippen LogP contribution in [-0.4, -0.2) is 30.4 Å². The maximum absolute atomic E-state index is 13.6. The minimum atomic E-state index is -1.05. The largest absolute Gasteiger partial charge is 0.387 e. The van der Waals surface area contributed by atoms with Gasteiger partial charge in [0.2, 0.25) is 0 Å². The van der Waals surface area contributed by atoms with E-state index in [9.17, 15) is 13.9 Å². The number of ether oxygens (including phenoxy) is 1. The van der Waals surface area contributed by atoms with Gasteiger partial charge in [0.05, 0.1) is 12.2 Å². The van der Waals surface area contributed by atoms with E-state index in [1.54, 1.807) is 0 Å². The van der Waals surface area contributed by atoms with Crippen molar-refractivity contribution in [2.45, 2.75) is 37.5 Å². The van der Waals surface area contributed by atoms with Gasteiger partial charge in [0, 0.05) is 24.8 Å². The van der Waals surface area contributed by atoms with E-state index in [0.717, 1.165) is 31.2 Å². The molecule has 0 amide bonds. The van der Waals surface area contributed by atoms with Crippen molar-refractivity contribution in [2.75, 3.05) is 13.2 Å². The van der Waals surface area contributed by atoms with Crippen molar-refractivity contribution in [3.05, 3.63) is 35.4 Å². The monoisotopic (exact) mass is 283 g/mol. The summed E-state index contributed by atoms with van der Waals surface area (Å²) in [6.07, 6.45) is 2.46. The van der Waals surface area contributed by atoms with Gasteiger partial charge in [0.15, 0.2) is 0 Å². The summed E-state index contributed by atoms with van der Waals surface area (Å²) in [5.41, 5.74) is -0.000567. The summed E-state index contributed by atoms with van der Waals surface area (Å²) >= 11 is 0. The molecule has 2 fully saturated rings. The molecule has 1 aromatic rings. The van der Waals surface area contributed by atoms with Crippen LogP contribution >= 0.6 is 0 Å². The average Bonchev–Trinajstić information content (AvgIpc) is 3.18. The summed E-state index contributed by atoms with van der Waals surface area (Å²) in [5.74, 6) is -0.499. The van der Waals surface area contributed by atoms with E-state index < -0.39 is 17.7 Å². The third kappa shape index (κ3) is 3.00. The fraction of sp³-hybridized carbons (Fsp3) is 0.600.